The van der Waals surface area contributed by atoms with Crippen LogP contribution in [0.15, 0.2) is 34.8 Å². The molecule has 0 spiro atoms. The molecule has 0 heterocycles. The minimum Gasteiger partial charge on any atom is -0.0813 e. The first-order valence-electron chi connectivity index (χ1n) is 4.16. The van der Waals surface area contributed by atoms with E-state index in [4.69, 9.17) is 0 Å². The molecule has 0 aliphatic carbocycles. The molecule has 1 aromatic rings. The average Bonchev–Trinajstić information content (AvgIpc) is 2.06. The van der Waals surface area contributed by atoms with E-state index in [1.165, 1.54) is 11.1 Å². The second kappa shape index (κ2) is 4.46. The van der Waals surface area contributed by atoms with E-state index in [1.807, 2.05) is 0 Å². The van der Waals surface area contributed by atoms with Crippen molar-refractivity contribution in [2.24, 2.45) is 0 Å². The van der Waals surface area contributed by atoms with E-state index in [-0.39, 0.29) is 0 Å². The van der Waals surface area contributed by atoms with Crippen LogP contribution in [-0.4, -0.2) is 0 Å². The summed E-state index contributed by atoms with van der Waals surface area (Å²) in [6.45, 7) is 4.30. The third kappa shape index (κ3) is 2.49. The lowest BCUT2D eigenvalue weighted by atomic mass is 10.1. The number of allylic oxidation sites excluding steroid dienone is 2. The Morgan fingerprint density at radius 3 is 2.42 bits per heavy atom. The highest BCUT2D eigenvalue weighted by molar-refractivity contribution is 9.10. The standard InChI is InChI=1S/C11H13Br/c1-3-4-9(2)10-5-7-11(12)8-6-10/h4-8H,3H2,1-2H3. The molecule has 0 aromatic heterocycles. The summed E-state index contributed by atoms with van der Waals surface area (Å²) in [6.07, 6.45) is 3.34. The normalized spacial score (nSPS) is 11.8. The van der Waals surface area contributed by atoms with Crippen molar-refractivity contribution < 1.29 is 0 Å². The zero-order chi connectivity index (χ0) is 8.97. The lowest BCUT2D eigenvalue weighted by Gasteiger charge is -2.00. The maximum absolute atomic E-state index is 3.41. The van der Waals surface area contributed by atoms with Crippen molar-refractivity contribution in [2.45, 2.75) is 20.3 Å². The van der Waals surface area contributed by atoms with Crippen LogP contribution in [0.1, 0.15) is 25.8 Å². The minimum atomic E-state index is 1.10. The Kier molecular flexibility index (Phi) is 3.54. The SMILES string of the molecule is CCC=C(C)c1ccc(Br)cc1. The van der Waals surface area contributed by atoms with Crippen molar-refractivity contribution in [3.63, 3.8) is 0 Å². The topological polar surface area (TPSA) is 0 Å². The molecule has 0 amide bonds. The Morgan fingerprint density at radius 2 is 1.92 bits per heavy atom. The second-order valence-electron chi connectivity index (χ2n) is 2.80. The zero-order valence-corrected chi connectivity index (χ0v) is 9.06. The number of halogens is 1. The van der Waals surface area contributed by atoms with Gasteiger partial charge in [-0.05, 0) is 36.6 Å². The molecule has 0 unspecified atom stereocenters. The summed E-state index contributed by atoms with van der Waals surface area (Å²) in [6, 6.07) is 8.40. The van der Waals surface area contributed by atoms with Gasteiger partial charge in [0.25, 0.3) is 0 Å². The van der Waals surface area contributed by atoms with Gasteiger partial charge in [0.15, 0.2) is 0 Å². The lowest BCUT2D eigenvalue weighted by molar-refractivity contribution is 1.22. The van der Waals surface area contributed by atoms with Crippen LogP contribution in [-0.2, 0) is 0 Å². The van der Waals surface area contributed by atoms with Gasteiger partial charge >= 0.3 is 0 Å². The smallest absolute Gasteiger partial charge is 0.0175 e. The number of benzene rings is 1. The van der Waals surface area contributed by atoms with E-state index in [9.17, 15) is 0 Å². The third-order valence-electron chi connectivity index (χ3n) is 1.81. The molecule has 0 atom stereocenters. The van der Waals surface area contributed by atoms with Gasteiger partial charge in [-0.25, -0.2) is 0 Å². The first-order chi connectivity index (χ1) is 5.74. The van der Waals surface area contributed by atoms with Crippen LogP contribution >= 0.6 is 15.9 Å². The van der Waals surface area contributed by atoms with E-state index in [0.717, 1.165) is 10.9 Å². The third-order valence-corrected chi connectivity index (χ3v) is 2.34. The van der Waals surface area contributed by atoms with Crippen molar-refractivity contribution in [3.8, 4) is 0 Å². The highest BCUT2D eigenvalue weighted by atomic mass is 79.9. The summed E-state index contributed by atoms with van der Waals surface area (Å²) in [5.41, 5.74) is 2.66. The van der Waals surface area contributed by atoms with Crippen molar-refractivity contribution in [1.29, 1.82) is 0 Å². The van der Waals surface area contributed by atoms with Gasteiger partial charge in [0.1, 0.15) is 0 Å². The fourth-order valence-corrected chi connectivity index (χ4v) is 1.40. The maximum Gasteiger partial charge on any atom is 0.0175 e. The zero-order valence-electron chi connectivity index (χ0n) is 7.47. The molecule has 1 aromatic carbocycles. The molecule has 0 N–H and O–H groups in total. The molecular weight excluding hydrogens is 212 g/mol. The predicted octanol–water partition coefficient (Wildman–Crippen LogP) is 4.26. The van der Waals surface area contributed by atoms with Crippen LogP contribution in [0, 0.1) is 0 Å². The van der Waals surface area contributed by atoms with Gasteiger partial charge < -0.3 is 0 Å². The average molecular weight is 225 g/mol. The van der Waals surface area contributed by atoms with Crippen LogP contribution in [0.4, 0.5) is 0 Å². The summed E-state index contributed by atoms with van der Waals surface area (Å²) in [5, 5.41) is 0. The molecule has 0 bridgehead atoms. The molecule has 0 aliphatic rings. The van der Waals surface area contributed by atoms with Crippen molar-refractivity contribution in [1.82, 2.24) is 0 Å². The fraction of sp³-hybridized carbons (Fsp3) is 0.273. The molecule has 0 radical (unpaired) electrons. The monoisotopic (exact) mass is 224 g/mol. The van der Waals surface area contributed by atoms with Crippen LogP contribution in [0.25, 0.3) is 5.57 Å². The second-order valence-corrected chi connectivity index (χ2v) is 3.72. The first-order valence-corrected chi connectivity index (χ1v) is 4.96. The Bertz CT molecular complexity index is 270. The van der Waals surface area contributed by atoms with Gasteiger partial charge in [-0.1, -0.05) is 41.1 Å². The largest absolute Gasteiger partial charge is 0.0813 e. The molecule has 0 aliphatic heterocycles. The molecular formula is C11H13Br. The highest BCUT2D eigenvalue weighted by Crippen LogP contribution is 2.17. The molecule has 1 rings (SSSR count). The maximum atomic E-state index is 3.41. The Hall–Kier alpha value is -0.560. The summed E-state index contributed by atoms with van der Waals surface area (Å²) >= 11 is 3.41. The summed E-state index contributed by atoms with van der Waals surface area (Å²) in [5.74, 6) is 0. The summed E-state index contributed by atoms with van der Waals surface area (Å²) < 4.78 is 1.13. The van der Waals surface area contributed by atoms with Gasteiger partial charge in [0.2, 0.25) is 0 Å². The molecule has 64 valence electrons. The summed E-state index contributed by atoms with van der Waals surface area (Å²) in [7, 11) is 0. The highest BCUT2D eigenvalue weighted by Gasteiger charge is 1.93. The molecule has 0 fully saturated rings. The van der Waals surface area contributed by atoms with Crippen LogP contribution in [0.5, 0.6) is 0 Å². The Morgan fingerprint density at radius 1 is 1.33 bits per heavy atom. The quantitative estimate of drug-likeness (QED) is 0.705. The van der Waals surface area contributed by atoms with Crippen LogP contribution < -0.4 is 0 Å². The molecule has 0 nitrogen and oxygen atoms in total. The molecule has 12 heavy (non-hydrogen) atoms. The lowest BCUT2D eigenvalue weighted by Crippen LogP contribution is -1.77. The van der Waals surface area contributed by atoms with E-state index < -0.39 is 0 Å². The Balaban J connectivity index is 2.89. The minimum absolute atomic E-state index is 1.10. The van der Waals surface area contributed by atoms with Gasteiger partial charge in [-0.15, -0.1) is 0 Å². The molecule has 0 saturated heterocycles. The summed E-state index contributed by atoms with van der Waals surface area (Å²) in [4.78, 5) is 0. The van der Waals surface area contributed by atoms with Crippen molar-refractivity contribution in [3.05, 3.63) is 40.4 Å². The molecule has 1 heteroatoms. The van der Waals surface area contributed by atoms with Gasteiger partial charge in [-0.2, -0.15) is 0 Å². The first kappa shape index (κ1) is 9.53. The number of hydrogen-bond donors (Lipinski definition) is 0. The van der Waals surface area contributed by atoms with E-state index in [2.05, 4.69) is 60.1 Å². The van der Waals surface area contributed by atoms with Gasteiger partial charge in [-0.3, -0.25) is 0 Å². The van der Waals surface area contributed by atoms with E-state index in [1.54, 1.807) is 0 Å². The van der Waals surface area contributed by atoms with Crippen LogP contribution in [0.2, 0.25) is 0 Å². The van der Waals surface area contributed by atoms with Crippen molar-refractivity contribution in [2.75, 3.05) is 0 Å². The van der Waals surface area contributed by atoms with E-state index >= 15 is 0 Å². The van der Waals surface area contributed by atoms with Crippen molar-refractivity contribution >= 4 is 21.5 Å². The predicted molar refractivity (Wildman–Crippen MR) is 58.1 cm³/mol. The number of rotatable bonds is 2. The van der Waals surface area contributed by atoms with Gasteiger partial charge in [0, 0.05) is 4.47 Å². The number of hydrogen-bond acceptors (Lipinski definition) is 0. The fourth-order valence-electron chi connectivity index (χ4n) is 1.14. The van der Waals surface area contributed by atoms with Gasteiger partial charge in [0.05, 0.1) is 0 Å². The van der Waals surface area contributed by atoms with E-state index in [0.29, 0.717) is 0 Å². The van der Waals surface area contributed by atoms with Crippen LogP contribution in [0.3, 0.4) is 0 Å². The molecule has 0 saturated carbocycles. The Labute approximate surface area is 82.4 Å².